The van der Waals surface area contributed by atoms with Crippen LogP contribution in [-0.4, -0.2) is 15.1 Å². The van der Waals surface area contributed by atoms with Gasteiger partial charge in [0.05, 0.1) is 4.92 Å². The van der Waals surface area contributed by atoms with E-state index < -0.39 is 4.92 Å². The Hall–Kier alpha value is -2.78. The van der Waals surface area contributed by atoms with E-state index in [-0.39, 0.29) is 10.8 Å². The zero-order chi connectivity index (χ0) is 17.5. The van der Waals surface area contributed by atoms with Crippen LogP contribution < -0.4 is 21.5 Å². The summed E-state index contributed by atoms with van der Waals surface area (Å²) in [6.45, 7) is 1.99. The van der Waals surface area contributed by atoms with Gasteiger partial charge < -0.3 is 10.6 Å². The predicted molar refractivity (Wildman–Crippen MR) is 103 cm³/mol. The molecule has 0 aliphatic heterocycles. The first-order valence-electron chi connectivity index (χ1n) is 6.90. The number of hydrogen-bond donors (Lipinski definition) is 4. The summed E-state index contributed by atoms with van der Waals surface area (Å²) in [6.07, 6.45) is 0. The van der Waals surface area contributed by atoms with Crippen molar-refractivity contribution in [2.24, 2.45) is 0 Å². The molecule has 0 atom stereocenters. The molecule has 0 radical (unpaired) electrons. The molecule has 0 saturated carbocycles. The minimum Gasteiger partial charge on any atom is -0.331 e. The molecule has 0 saturated heterocycles. The molecule has 0 bridgehead atoms. The molecule has 2 aromatic rings. The number of hydrogen-bond acceptors (Lipinski definition) is 4. The molecule has 4 N–H and O–H groups in total. The number of nitro groups is 1. The van der Waals surface area contributed by atoms with E-state index in [0.29, 0.717) is 10.8 Å². The van der Waals surface area contributed by atoms with Crippen molar-refractivity contribution in [3.63, 3.8) is 0 Å². The summed E-state index contributed by atoms with van der Waals surface area (Å²) in [6, 6.07) is 13.9. The lowest BCUT2D eigenvalue weighted by atomic mass is 10.2. The number of aryl methyl sites for hydroxylation is 1. The second kappa shape index (κ2) is 8.18. The monoisotopic (exact) mass is 361 g/mol. The smallest absolute Gasteiger partial charge is 0.292 e. The molecule has 0 aliphatic carbocycles. The Balaban J connectivity index is 1.86. The van der Waals surface area contributed by atoms with Gasteiger partial charge in [-0.25, -0.2) is 0 Å². The lowest BCUT2D eigenvalue weighted by molar-refractivity contribution is -0.383. The van der Waals surface area contributed by atoms with Gasteiger partial charge >= 0.3 is 0 Å². The van der Waals surface area contributed by atoms with Crippen LogP contribution in [0.25, 0.3) is 0 Å². The Labute approximate surface area is 149 Å². The minimum atomic E-state index is -0.484. The fourth-order valence-electron chi connectivity index (χ4n) is 1.80. The van der Waals surface area contributed by atoms with Gasteiger partial charge in [0.1, 0.15) is 5.69 Å². The number of nitrogens with one attached hydrogen (secondary N) is 4. The minimum absolute atomic E-state index is 0.0676. The van der Waals surface area contributed by atoms with Gasteiger partial charge in [-0.3, -0.25) is 21.0 Å². The van der Waals surface area contributed by atoms with Crippen LogP contribution in [-0.2, 0) is 0 Å². The average Bonchev–Trinajstić information content (AvgIpc) is 2.55. The molecule has 0 unspecified atom stereocenters. The van der Waals surface area contributed by atoms with E-state index in [0.717, 1.165) is 11.3 Å². The molecule has 0 aliphatic rings. The van der Waals surface area contributed by atoms with E-state index in [2.05, 4.69) is 21.5 Å². The quantitative estimate of drug-likeness (QED) is 0.377. The van der Waals surface area contributed by atoms with Gasteiger partial charge in [-0.2, -0.15) is 0 Å². The van der Waals surface area contributed by atoms with E-state index >= 15 is 0 Å². The number of rotatable bonds is 3. The van der Waals surface area contributed by atoms with Crippen LogP contribution in [0.2, 0.25) is 0 Å². The third kappa shape index (κ3) is 5.14. The van der Waals surface area contributed by atoms with Crippen molar-refractivity contribution in [3.05, 3.63) is 64.2 Å². The molecule has 0 aromatic heterocycles. The fraction of sp³-hybridized carbons (Fsp3) is 0.0667. The normalized spacial score (nSPS) is 9.71. The van der Waals surface area contributed by atoms with Crippen molar-refractivity contribution in [3.8, 4) is 0 Å². The summed E-state index contributed by atoms with van der Waals surface area (Å²) < 4.78 is 0. The van der Waals surface area contributed by atoms with Crippen LogP contribution in [0, 0.1) is 17.0 Å². The van der Waals surface area contributed by atoms with E-state index in [9.17, 15) is 10.1 Å². The summed E-state index contributed by atoms with van der Waals surface area (Å²) in [5.41, 5.74) is 7.58. The van der Waals surface area contributed by atoms with Gasteiger partial charge in [-0.1, -0.05) is 29.8 Å². The number of para-hydroxylation sites is 2. The summed E-state index contributed by atoms with van der Waals surface area (Å²) in [4.78, 5) is 10.5. The zero-order valence-electron chi connectivity index (χ0n) is 12.7. The van der Waals surface area contributed by atoms with Crippen LogP contribution in [0.4, 0.5) is 17.1 Å². The van der Waals surface area contributed by atoms with E-state index in [1.165, 1.54) is 6.07 Å². The van der Waals surface area contributed by atoms with Gasteiger partial charge in [-0.15, -0.1) is 0 Å². The summed E-state index contributed by atoms with van der Waals surface area (Å²) in [5, 5.41) is 17.1. The van der Waals surface area contributed by atoms with Crippen molar-refractivity contribution in [1.82, 2.24) is 10.9 Å². The lowest BCUT2D eigenvalue weighted by Crippen LogP contribution is -2.45. The molecule has 2 aromatic carbocycles. The summed E-state index contributed by atoms with van der Waals surface area (Å²) in [7, 11) is 0. The molecule has 0 spiro atoms. The van der Waals surface area contributed by atoms with Crippen LogP contribution in [0.5, 0.6) is 0 Å². The van der Waals surface area contributed by atoms with Crippen LogP contribution in [0.3, 0.4) is 0 Å². The molecule has 0 fully saturated rings. The van der Waals surface area contributed by atoms with E-state index in [1.807, 2.05) is 31.2 Å². The number of nitro benzene ring substituents is 1. The largest absolute Gasteiger partial charge is 0.331 e. The third-order valence-corrected chi connectivity index (χ3v) is 3.36. The summed E-state index contributed by atoms with van der Waals surface area (Å²) >= 11 is 10.2. The summed E-state index contributed by atoms with van der Waals surface area (Å²) in [5.74, 6) is 0. The van der Waals surface area contributed by atoms with Crippen LogP contribution >= 0.6 is 24.4 Å². The molecule has 2 rings (SSSR count). The molecular formula is C15H15N5O2S2. The Morgan fingerprint density at radius 2 is 1.54 bits per heavy atom. The first-order chi connectivity index (χ1) is 11.5. The van der Waals surface area contributed by atoms with Gasteiger partial charge in [0.2, 0.25) is 0 Å². The van der Waals surface area contributed by atoms with Crippen molar-refractivity contribution in [2.75, 3.05) is 10.6 Å². The molecule has 24 heavy (non-hydrogen) atoms. The Morgan fingerprint density at radius 1 is 0.958 bits per heavy atom. The van der Waals surface area contributed by atoms with Gasteiger partial charge in [0.15, 0.2) is 10.2 Å². The second-order valence-corrected chi connectivity index (χ2v) is 5.62. The highest BCUT2D eigenvalue weighted by molar-refractivity contribution is 7.81. The van der Waals surface area contributed by atoms with E-state index in [4.69, 9.17) is 24.4 Å². The zero-order valence-corrected chi connectivity index (χ0v) is 14.3. The predicted octanol–water partition coefficient (Wildman–Crippen LogP) is 3.09. The maximum absolute atomic E-state index is 11.0. The second-order valence-electron chi connectivity index (χ2n) is 4.80. The highest BCUT2D eigenvalue weighted by atomic mass is 32.1. The van der Waals surface area contributed by atoms with Crippen molar-refractivity contribution >= 4 is 51.7 Å². The topological polar surface area (TPSA) is 91.3 Å². The maximum atomic E-state index is 11.0. The number of thiocarbonyl (C=S) groups is 2. The molecule has 124 valence electrons. The SMILES string of the molecule is Cc1ccc(NC(=S)NNC(=S)Nc2ccccc2[N+](=O)[O-])cc1. The standard InChI is InChI=1S/C15H15N5O2S2/c1-10-6-8-11(9-7-10)16-14(23)18-19-15(24)17-12-4-2-3-5-13(12)20(21)22/h2-9H,1H3,(H2,16,18,23)(H2,17,19,24). The number of benzene rings is 2. The molecular weight excluding hydrogens is 346 g/mol. The van der Waals surface area contributed by atoms with E-state index in [1.54, 1.807) is 18.2 Å². The van der Waals surface area contributed by atoms with Crippen molar-refractivity contribution < 1.29 is 4.92 Å². The molecule has 7 nitrogen and oxygen atoms in total. The number of anilines is 2. The average molecular weight is 361 g/mol. The van der Waals surface area contributed by atoms with Crippen molar-refractivity contribution in [2.45, 2.75) is 6.92 Å². The van der Waals surface area contributed by atoms with Gasteiger partial charge in [0, 0.05) is 11.8 Å². The Morgan fingerprint density at radius 3 is 2.17 bits per heavy atom. The van der Waals surface area contributed by atoms with Gasteiger partial charge in [0.25, 0.3) is 5.69 Å². The van der Waals surface area contributed by atoms with Crippen molar-refractivity contribution in [1.29, 1.82) is 0 Å². The third-order valence-electron chi connectivity index (χ3n) is 2.95. The van der Waals surface area contributed by atoms with Gasteiger partial charge in [-0.05, 0) is 49.6 Å². The molecule has 0 amide bonds. The first kappa shape index (κ1) is 17.6. The molecule has 9 heteroatoms. The lowest BCUT2D eigenvalue weighted by Gasteiger charge is -2.14. The maximum Gasteiger partial charge on any atom is 0.292 e. The number of nitrogens with zero attached hydrogens (tertiary/aromatic N) is 1. The van der Waals surface area contributed by atoms with Crippen LogP contribution in [0.15, 0.2) is 48.5 Å². The Kier molecular flexibility index (Phi) is 5.99. The molecule has 0 heterocycles. The highest BCUT2D eigenvalue weighted by Crippen LogP contribution is 2.22. The highest BCUT2D eigenvalue weighted by Gasteiger charge is 2.13. The first-order valence-corrected chi connectivity index (χ1v) is 7.71. The fourth-order valence-corrected chi connectivity index (χ4v) is 2.13. The Bertz CT molecular complexity index is 765. The number of hydrazine groups is 1. The van der Waals surface area contributed by atoms with Crippen LogP contribution in [0.1, 0.15) is 5.56 Å².